The number of rotatable bonds is 4. The van der Waals surface area contributed by atoms with Crippen molar-refractivity contribution in [2.45, 2.75) is 6.92 Å². The van der Waals surface area contributed by atoms with Crippen LogP contribution in [0, 0.1) is 0 Å². The lowest BCUT2D eigenvalue weighted by Crippen LogP contribution is -2.22. The van der Waals surface area contributed by atoms with E-state index in [9.17, 15) is 9.59 Å². The van der Waals surface area contributed by atoms with Gasteiger partial charge in [0.15, 0.2) is 11.5 Å². The first-order chi connectivity index (χ1) is 9.55. The molecular weight excluding hydrogens is 328 g/mol. The molecule has 1 heterocycles. The Labute approximate surface area is 124 Å². The van der Waals surface area contributed by atoms with Crippen molar-refractivity contribution in [3.8, 4) is 11.5 Å². The van der Waals surface area contributed by atoms with Crippen molar-refractivity contribution in [2.24, 2.45) is 0 Å². The standard InChI is InChI=1S/C13H13BrN2O4/c1-3-20-11-6-8(14)7(5-10(11)19-2)4-9-12(17)16-13(18)15-9/h4-6H,3H2,1-2H3,(H2,15,16,17,18)/b9-4-. The van der Waals surface area contributed by atoms with Gasteiger partial charge in [0.05, 0.1) is 13.7 Å². The number of urea groups is 1. The van der Waals surface area contributed by atoms with E-state index < -0.39 is 11.9 Å². The first-order valence-electron chi connectivity index (χ1n) is 5.89. The van der Waals surface area contributed by atoms with Crippen LogP contribution in [0.1, 0.15) is 12.5 Å². The highest BCUT2D eigenvalue weighted by Crippen LogP contribution is 2.34. The molecule has 1 aliphatic rings. The fourth-order valence-corrected chi connectivity index (χ4v) is 2.16. The lowest BCUT2D eigenvalue weighted by molar-refractivity contribution is -0.115. The van der Waals surface area contributed by atoms with Gasteiger partial charge in [-0.1, -0.05) is 15.9 Å². The van der Waals surface area contributed by atoms with Crippen molar-refractivity contribution < 1.29 is 19.1 Å². The molecule has 1 fully saturated rings. The monoisotopic (exact) mass is 340 g/mol. The molecule has 1 aliphatic heterocycles. The Morgan fingerprint density at radius 3 is 2.55 bits per heavy atom. The Kier molecular flexibility index (Phi) is 4.29. The molecule has 1 saturated heterocycles. The molecule has 0 bridgehead atoms. The molecule has 0 radical (unpaired) electrons. The van der Waals surface area contributed by atoms with Gasteiger partial charge in [-0.2, -0.15) is 0 Å². The van der Waals surface area contributed by atoms with E-state index in [1.54, 1.807) is 18.2 Å². The van der Waals surface area contributed by atoms with Crippen LogP contribution in [-0.2, 0) is 4.79 Å². The van der Waals surface area contributed by atoms with Gasteiger partial charge in [-0.05, 0) is 30.7 Å². The van der Waals surface area contributed by atoms with Crippen LogP contribution in [0.5, 0.6) is 11.5 Å². The van der Waals surface area contributed by atoms with E-state index in [0.29, 0.717) is 23.7 Å². The highest BCUT2D eigenvalue weighted by Gasteiger charge is 2.23. The molecule has 6 nitrogen and oxygen atoms in total. The van der Waals surface area contributed by atoms with Crippen molar-refractivity contribution in [3.63, 3.8) is 0 Å². The fourth-order valence-electron chi connectivity index (χ4n) is 1.73. The lowest BCUT2D eigenvalue weighted by atomic mass is 10.1. The average Bonchev–Trinajstić information content (AvgIpc) is 2.71. The quantitative estimate of drug-likeness (QED) is 0.649. The number of nitrogens with one attached hydrogen (secondary N) is 2. The van der Waals surface area contributed by atoms with Crippen molar-refractivity contribution in [1.29, 1.82) is 0 Å². The van der Waals surface area contributed by atoms with Crippen LogP contribution in [0.3, 0.4) is 0 Å². The number of hydrogen-bond donors (Lipinski definition) is 2. The summed E-state index contributed by atoms with van der Waals surface area (Å²) < 4.78 is 11.4. The third-order valence-electron chi connectivity index (χ3n) is 2.60. The third kappa shape index (κ3) is 2.93. The predicted molar refractivity (Wildman–Crippen MR) is 76.5 cm³/mol. The minimum atomic E-state index is -0.532. The van der Waals surface area contributed by atoms with Crippen molar-refractivity contribution in [1.82, 2.24) is 10.6 Å². The number of amides is 3. The zero-order valence-electron chi connectivity index (χ0n) is 11.0. The molecule has 0 unspecified atom stereocenters. The molecule has 1 aromatic rings. The van der Waals surface area contributed by atoms with Crippen molar-refractivity contribution in [3.05, 3.63) is 27.9 Å². The normalized spacial score (nSPS) is 16.1. The summed E-state index contributed by atoms with van der Waals surface area (Å²) in [6, 6.07) is 2.94. The number of halogens is 1. The fraction of sp³-hybridized carbons (Fsp3) is 0.231. The van der Waals surface area contributed by atoms with Crippen molar-refractivity contribution >= 4 is 33.9 Å². The van der Waals surface area contributed by atoms with E-state index in [-0.39, 0.29) is 5.70 Å². The maximum Gasteiger partial charge on any atom is 0.326 e. The first kappa shape index (κ1) is 14.4. The van der Waals surface area contributed by atoms with E-state index in [4.69, 9.17) is 9.47 Å². The van der Waals surface area contributed by atoms with E-state index in [1.165, 1.54) is 7.11 Å². The summed E-state index contributed by atoms with van der Waals surface area (Å²) in [4.78, 5) is 22.6. The molecule has 2 N–H and O–H groups in total. The summed E-state index contributed by atoms with van der Waals surface area (Å²) in [7, 11) is 1.53. The molecule has 20 heavy (non-hydrogen) atoms. The second kappa shape index (κ2) is 5.96. The van der Waals surface area contributed by atoms with Crippen LogP contribution in [0.4, 0.5) is 4.79 Å². The Bertz CT molecular complexity index is 598. The number of carbonyl (C=O) groups excluding carboxylic acids is 2. The zero-order valence-corrected chi connectivity index (χ0v) is 12.5. The topological polar surface area (TPSA) is 76.7 Å². The molecule has 0 atom stereocenters. The van der Waals surface area contributed by atoms with Crippen LogP contribution in [-0.4, -0.2) is 25.7 Å². The van der Waals surface area contributed by atoms with Gasteiger partial charge in [0, 0.05) is 4.47 Å². The van der Waals surface area contributed by atoms with Gasteiger partial charge in [0.1, 0.15) is 5.70 Å². The number of hydrogen-bond acceptors (Lipinski definition) is 4. The second-order valence-corrected chi connectivity index (χ2v) is 4.78. The summed E-state index contributed by atoms with van der Waals surface area (Å²) in [5, 5.41) is 4.56. The van der Waals surface area contributed by atoms with Crippen LogP contribution in [0.15, 0.2) is 22.3 Å². The van der Waals surface area contributed by atoms with Gasteiger partial charge in [-0.25, -0.2) is 4.79 Å². The Hall–Kier alpha value is -2.02. The highest BCUT2D eigenvalue weighted by molar-refractivity contribution is 9.10. The number of benzene rings is 1. The SMILES string of the molecule is CCOc1cc(Br)c(/C=C2\NC(=O)NC2=O)cc1OC. The molecule has 0 aliphatic carbocycles. The minimum absolute atomic E-state index is 0.182. The van der Waals surface area contributed by atoms with E-state index in [2.05, 4.69) is 26.6 Å². The maximum absolute atomic E-state index is 11.5. The van der Waals surface area contributed by atoms with Crippen LogP contribution < -0.4 is 20.1 Å². The molecule has 0 spiro atoms. The van der Waals surface area contributed by atoms with Crippen LogP contribution in [0.2, 0.25) is 0 Å². The summed E-state index contributed by atoms with van der Waals surface area (Å²) in [5.41, 5.74) is 0.875. The number of ether oxygens (including phenoxy) is 2. The number of imide groups is 1. The van der Waals surface area contributed by atoms with E-state index >= 15 is 0 Å². The Balaban J connectivity index is 2.40. The smallest absolute Gasteiger partial charge is 0.326 e. The largest absolute Gasteiger partial charge is 0.493 e. The lowest BCUT2D eigenvalue weighted by Gasteiger charge is -2.11. The molecule has 1 aromatic carbocycles. The first-order valence-corrected chi connectivity index (χ1v) is 6.68. The summed E-state index contributed by atoms with van der Waals surface area (Å²) in [6.45, 7) is 2.39. The van der Waals surface area contributed by atoms with E-state index in [1.807, 2.05) is 6.92 Å². The Morgan fingerprint density at radius 2 is 2.00 bits per heavy atom. The Morgan fingerprint density at radius 1 is 1.25 bits per heavy atom. The van der Waals surface area contributed by atoms with Gasteiger partial charge >= 0.3 is 6.03 Å². The molecule has 7 heteroatoms. The second-order valence-electron chi connectivity index (χ2n) is 3.92. The van der Waals surface area contributed by atoms with Gasteiger partial charge < -0.3 is 14.8 Å². The number of methoxy groups -OCH3 is 1. The summed E-state index contributed by atoms with van der Waals surface area (Å²) in [6.07, 6.45) is 1.56. The molecule has 0 saturated carbocycles. The van der Waals surface area contributed by atoms with Gasteiger partial charge in [0.25, 0.3) is 5.91 Å². The minimum Gasteiger partial charge on any atom is -0.493 e. The summed E-state index contributed by atoms with van der Waals surface area (Å²) in [5.74, 6) is 0.685. The van der Waals surface area contributed by atoms with Crippen LogP contribution in [0.25, 0.3) is 6.08 Å². The van der Waals surface area contributed by atoms with E-state index in [0.717, 1.165) is 4.47 Å². The van der Waals surface area contributed by atoms with Gasteiger partial charge in [-0.3, -0.25) is 10.1 Å². The number of carbonyl (C=O) groups is 2. The average molecular weight is 341 g/mol. The van der Waals surface area contributed by atoms with Gasteiger partial charge in [-0.15, -0.1) is 0 Å². The predicted octanol–water partition coefficient (Wildman–Crippen LogP) is 2.04. The maximum atomic E-state index is 11.5. The summed E-state index contributed by atoms with van der Waals surface area (Å²) >= 11 is 3.40. The molecule has 2 rings (SSSR count). The van der Waals surface area contributed by atoms with Crippen LogP contribution >= 0.6 is 15.9 Å². The third-order valence-corrected chi connectivity index (χ3v) is 3.29. The molecule has 106 valence electrons. The highest BCUT2D eigenvalue weighted by atomic mass is 79.9. The van der Waals surface area contributed by atoms with Gasteiger partial charge in [0.2, 0.25) is 0 Å². The zero-order chi connectivity index (χ0) is 14.7. The van der Waals surface area contributed by atoms with Crippen molar-refractivity contribution in [2.75, 3.05) is 13.7 Å². The molecule has 3 amide bonds. The molecule has 0 aromatic heterocycles. The molecular formula is C13H13BrN2O4.